The van der Waals surface area contributed by atoms with Crippen molar-refractivity contribution in [3.05, 3.63) is 6.33 Å². The van der Waals surface area contributed by atoms with Crippen LogP contribution in [0.15, 0.2) is 11.5 Å². The van der Waals surface area contributed by atoms with Gasteiger partial charge in [-0.1, -0.05) is 18.7 Å². The fourth-order valence-corrected chi connectivity index (χ4v) is 1.85. The first-order valence-corrected chi connectivity index (χ1v) is 5.96. The van der Waals surface area contributed by atoms with Crippen LogP contribution in [-0.4, -0.2) is 33.5 Å². The summed E-state index contributed by atoms with van der Waals surface area (Å²) in [7, 11) is 0. The molecule has 0 bridgehead atoms. The maximum absolute atomic E-state index is 8.85. The highest BCUT2D eigenvalue weighted by atomic mass is 32.2. The predicted molar refractivity (Wildman–Crippen MR) is 59.4 cm³/mol. The molecule has 82 valence electrons. The van der Waals surface area contributed by atoms with Crippen molar-refractivity contribution in [1.82, 2.24) is 20.5 Å². The van der Waals surface area contributed by atoms with E-state index in [4.69, 9.17) is 5.26 Å². The van der Waals surface area contributed by atoms with Crippen LogP contribution < -0.4 is 5.32 Å². The van der Waals surface area contributed by atoms with Gasteiger partial charge in [-0.25, -0.2) is 4.98 Å². The first-order chi connectivity index (χ1) is 7.36. The highest BCUT2D eigenvalue weighted by Gasteiger charge is 2.06. The van der Waals surface area contributed by atoms with E-state index < -0.39 is 0 Å². The van der Waals surface area contributed by atoms with Gasteiger partial charge in [-0.05, 0) is 19.4 Å². The number of nitriles is 1. The van der Waals surface area contributed by atoms with Gasteiger partial charge in [-0.3, -0.25) is 5.10 Å². The molecule has 6 heteroatoms. The number of aromatic nitrogens is 3. The first-order valence-electron chi connectivity index (χ1n) is 4.98. The van der Waals surface area contributed by atoms with Gasteiger partial charge in [0.1, 0.15) is 6.33 Å². The lowest BCUT2D eigenvalue weighted by molar-refractivity contribution is 0.585. The van der Waals surface area contributed by atoms with Gasteiger partial charge in [0.15, 0.2) is 5.16 Å². The van der Waals surface area contributed by atoms with Crippen LogP contribution in [0, 0.1) is 11.3 Å². The summed E-state index contributed by atoms with van der Waals surface area (Å²) in [6, 6.07) is 2.19. The second kappa shape index (κ2) is 7.26. The summed E-state index contributed by atoms with van der Waals surface area (Å²) in [5.74, 6) is 0.865. The summed E-state index contributed by atoms with van der Waals surface area (Å²) in [4.78, 5) is 3.99. The summed E-state index contributed by atoms with van der Waals surface area (Å²) in [5.41, 5.74) is 0. The molecule has 1 unspecified atom stereocenters. The number of hydrogen-bond acceptors (Lipinski definition) is 5. The minimum absolute atomic E-state index is 0.0552. The van der Waals surface area contributed by atoms with Crippen molar-refractivity contribution in [2.45, 2.75) is 31.0 Å². The van der Waals surface area contributed by atoms with Crippen LogP contribution in [0.25, 0.3) is 0 Å². The van der Waals surface area contributed by atoms with Gasteiger partial charge >= 0.3 is 0 Å². The minimum Gasteiger partial charge on any atom is -0.302 e. The molecule has 0 amide bonds. The van der Waals surface area contributed by atoms with Crippen LogP contribution in [0.1, 0.15) is 19.8 Å². The number of hydrogen-bond donors (Lipinski definition) is 2. The van der Waals surface area contributed by atoms with E-state index in [1.165, 1.54) is 6.33 Å². The van der Waals surface area contributed by atoms with Gasteiger partial charge in [0.2, 0.25) is 0 Å². The number of nitrogens with zero attached hydrogens (tertiary/aromatic N) is 3. The van der Waals surface area contributed by atoms with Crippen molar-refractivity contribution >= 4 is 11.8 Å². The van der Waals surface area contributed by atoms with Gasteiger partial charge in [0, 0.05) is 5.75 Å². The Balaban J connectivity index is 2.15. The van der Waals surface area contributed by atoms with E-state index in [9.17, 15) is 0 Å². The average molecular weight is 225 g/mol. The number of aromatic amines is 1. The summed E-state index contributed by atoms with van der Waals surface area (Å²) < 4.78 is 0. The van der Waals surface area contributed by atoms with Gasteiger partial charge in [-0.15, -0.1) is 0 Å². The van der Waals surface area contributed by atoms with Crippen LogP contribution >= 0.6 is 11.8 Å². The molecular weight excluding hydrogens is 210 g/mol. The van der Waals surface area contributed by atoms with Crippen molar-refractivity contribution in [2.24, 2.45) is 0 Å². The second-order valence-electron chi connectivity index (χ2n) is 3.06. The zero-order valence-electron chi connectivity index (χ0n) is 8.73. The molecule has 1 aromatic heterocycles. The van der Waals surface area contributed by atoms with E-state index in [0.717, 1.165) is 30.3 Å². The highest BCUT2D eigenvalue weighted by molar-refractivity contribution is 7.99. The van der Waals surface area contributed by atoms with E-state index in [-0.39, 0.29) is 6.04 Å². The van der Waals surface area contributed by atoms with Crippen LogP contribution in [0.3, 0.4) is 0 Å². The van der Waals surface area contributed by atoms with Crippen molar-refractivity contribution in [2.75, 3.05) is 12.3 Å². The molecular formula is C9H15N5S. The van der Waals surface area contributed by atoms with Crippen LogP contribution in [0.5, 0.6) is 0 Å². The molecule has 0 radical (unpaired) electrons. The monoisotopic (exact) mass is 225 g/mol. The van der Waals surface area contributed by atoms with Crippen molar-refractivity contribution in [3.8, 4) is 6.07 Å². The Hall–Kier alpha value is -1.06. The third-order valence-corrected chi connectivity index (χ3v) is 2.74. The largest absolute Gasteiger partial charge is 0.302 e. The zero-order valence-corrected chi connectivity index (χ0v) is 9.55. The molecule has 0 spiro atoms. The molecule has 2 N–H and O–H groups in total. The van der Waals surface area contributed by atoms with Gasteiger partial charge in [0.05, 0.1) is 12.1 Å². The Morgan fingerprint density at radius 1 is 1.73 bits per heavy atom. The lowest BCUT2D eigenvalue weighted by Crippen LogP contribution is -2.28. The Morgan fingerprint density at radius 2 is 2.60 bits per heavy atom. The molecule has 1 rings (SSSR count). The molecule has 0 saturated heterocycles. The summed E-state index contributed by atoms with van der Waals surface area (Å²) >= 11 is 1.58. The van der Waals surface area contributed by atoms with E-state index in [2.05, 4.69) is 33.5 Å². The SMILES string of the molecule is CCCNC(C#N)CCSc1ncn[nH]1. The third kappa shape index (κ3) is 4.81. The maximum atomic E-state index is 8.85. The van der Waals surface area contributed by atoms with E-state index in [1.54, 1.807) is 11.8 Å². The number of thioether (sulfide) groups is 1. The van der Waals surface area contributed by atoms with Crippen LogP contribution in [0.4, 0.5) is 0 Å². The summed E-state index contributed by atoms with van der Waals surface area (Å²) in [6.07, 6.45) is 3.36. The van der Waals surface area contributed by atoms with Crippen molar-refractivity contribution in [1.29, 1.82) is 5.26 Å². The molecule has 1 heterocycles. The van der Waals surface area contributed by atoms with E-state index in [0.29, 0.717) is 0 Å². The normalized spacial score (nSPS) is 12.3. The fraction of sp³-hybridized carbons (Fsp3) is 0.667. The molecule has 0 saturated carbocycles. The number of H-pyrrole nitrogens is 1. The number of rotatable bonds is 7. The molecule has 0 aliphatic rings. The highest BCUT2D eigenvalue weighted by Crippen LogP contribution is 2.12. The van der Waals surface area contributed by atoms with Crippen molar-refractivity contribution in [3.63, 3.8) is 0 Å². The second-order valence-corrected chi connectivity index (χ2v) is 4.15. The fourth-order valence-electron chi connectivity index (χ4n) is 1.07. The standard InChI is InChI=1S/C9H15N5S/c1-2-4-11-8(6-10)3-5-15-9-12-7-13-14-9/h7-8,11H,2-5H2,1H3,(H,12,13,14). The Bertz CT molecular complexity index is 292. The van der Waals surface area contributed by atoms with Gasteiger partial charge in [0.25, 0.3) is 0 Å². The molecule has 15 heavy (non-hydrogen) atoms. The third-order valence-electron chi connectivity index (χ3n) is 1.83. The van der Waals surface area contributed by atoms with Crippen LogP contribution in [-0.2, 0) is 0 Å². The number of nitrogens with one attached hydrogen (secondary N) is 2. The topological polar surface area (TPSA) is 77.4 Å². The van der Waals surface area contributed by atoms with Crippen molar-refractivity contribution < 1.29 is 0 Å². The molecule has 1 aromatic rings. The molecule has 0 aliphatic carbocycles. The Morgan fingerprint density at radius 3 is 3.20 bits per heavy atom. The summed E-state index contributed by atoms with van der Waals surface area (Å²) in [6.45, 7) is 2.98. The molecule has 5 nitrogen and oxygen atoms in total. The van der Waals surface area contributed by atoms with Gasteiger partial charge < -0.3 is 5.32 Å². The predicted octanol–water partition coefficient (Wildman–Crippen LogP) is 1.18. The zero-order chi connectivity index (χ0) is 10.9. The van der Waals surface area contributed by atoms with E-state index >= 15 is 0 Å². The quantitative estimate of drug-likeness (QED) is 0.681. The lowest BCUT2D eigenvalue weighted by atomic mass is 10.2. The average Bonchev–Trinajstić information content (AvgIpc) is 2.76. The Labute approximate surface area is 93.7 Å². The molecule has 0 fully saturated rings. The maximum Gasteiger partial charge on any atom is 0.183 e. The lowest BCUT2D eigenvalue weighted by Gasteiger charge is -2.08. The molecule has 0 aliphatic heterocycles. The Kier molecular flexibility index (Phi) is 5.81. The molecule has 1 atom stereocenters. The summed E-state index contributed by atoms with van der Waals surface area (Å²) in [5, 5.41) is 19.4. The first kappa shape index (κ1) is 12.0. The van der Waals surface area contributed by atoms with E-state index in [1.807, 2.05) is 0 Å². The smallest absolute Gasteiger partial charge is 0.183 e. The van der Waals surface area contributed by atoms with Crippen LogP contribution in [0.2, 0.25) is 0 Å². The van der Waals surface area contributed by atoms with Gasteiger partial charge in [-0.2, -0.15) is 10.4 Å². The minimum atomic E-state index is -0.0552. The molecule has 0 aromatic carbocycles.